The topological polar surface area (TPSA) is 71.4 Å². The molecule has 1 aliphatic heterocycles. The van der Waals surface area contributed by atoms with Crippen molar-refractivity contribution < 1.29 is 18.0 Å². The number of nitrogens with one attached hydrogen (secondary N) is 2. The Kier molecular flexibility index (Phi) is 9.79. The Hall–Kier alpha value is -2.31. The summed E-state index contributed by atoms with van der Waals surface area (Å²) in [5.74, 6) is -0.598. The molecule has 0 aliphatic carbocycles. The summed E-state index contributed by atoms with van der Waals surface area (Å²) in [6.07, 6.45) is -3.24. The number of piperazine rings is 1. The molecule has 32 heavy (non-hydrogen) atoms. The Bertz CT molecular complexity index is 752. The molecule has 2 N–H and O–H groups in total. The molecular formula is C23H34F3N5O. The van der Waals surface area contributed by atoms with Gasteiger partial charge in [-0.15, -0.1) is 0 Å². The molecule has 0 spiro atoms. The number of carbonyl (C=O) groups is 1. The van der Waals surface area contributed by atoms with Crippen LogP contribution in [0.4, 0.5) is 18.9 Å². The van der Waals surface area contributed by atoms with Crippen molar-refractivity contribution in [3.05, 3.63) is 29.8 Å². The first-order chi connectivity index (χ1) is 15.2. The van der Waals surface area contributed by atoms with Gasteiger partial charge < -0.3 is 10.2 Å². The van der Waals surface area contributed by atoms with Gasteiger partial charge >= 0.3 is 6.18 Å². The minimum atomic E-state index is -4.57. The van der Waals surface area contributed by atoms with Crippen molar-refractivity contribution in [1.82, 2.24) is 15.5 Å². The zero-order valence-corrected chi connectivity index (χ0v) is 19.1. The highest BCUT2D eigenvalue weighted by Crippen LogP contribution is 2.34. The highest BCUT2D eigenvalue weighted by molar-refractivity contribution is 5.82. The van der Waals surface area contributed by atoms with Gasteiger partial charge in [-0.1, -0.05) is 32.9 Å². The summed E-state index contributed by atoms with van der Waals surface area (Å²) in [6, 6.07) is 5.16. The number of hydrogen-bond donors (Lipinski definition) is 2. The molecule has 0 saturated carbocycles. The van der Waals surface area contributed by atoms with Crippen molar-refractivity contribution in [3.63, 3.8) is 0 Å². The first kappa shape index (κ1) is 25.9. The van der Waals surface area contributed by atoms with Crippen LogP contribution in [0.3, 0.4) is 0 Å². The van der Waals surface area contributed by atoms with E-state index in [0.29, 0.717) is 0 Å². The molecule has 1 amide bonds. The molecule has 1 fully saturated rings. The van der Waals surface area contributed by atoms with Gasteiger partial charge in [0.25, 0.3) is 0 Å². The summed E-state index contributed by atoms with van der Waals surface area (Å²) in [6.45, 7) is 10.2. The molecule has 1 aromatic carbocycles. The van der Waals surface area contributed by atoms with Crippen LogP contribution in [-0.2, 0) is 4.79 Å². The van der Waals surface area contributed by atoms with Gasteiger partial charge in [0.05, 0.1) is 12.1 Å². The Labute approximate surface area is 188 Å². The standard InChI is InChI=1S/C23H34F3N5O/c1-4-11-30-12-14-31(15-13-30)19-7-5-18(6-8-19)21(23(24,25)26)29-20(16-17(2)3)22(32)28-10-9-27/h5-8,17,20-21,29H,4,10-16H2,1-3H3,(H,28,32)/t20-,21?/m0/s1. The predicted molar refractivity (Wildman–Crippen MR) is 119 cm³/mol. The summed E-state index contributed by atoms with van der Waals surface area (Å²) >= 11 is 0. The third-order valence-electron chi connectivity index (χ3n) is 5.56. The second kappa shape index (κ2) is 12.1. The molecule has 2 atom stereocenters. The van der Waals surface area contributed by atoms with Crippen LogP contribution in [0.25, 0.3) is 0 Å². The maximum Gasteiger partial charge on any atom is 0.407 e. The number of nitriles is 1. The summed E-state index contributed by atoms with van der Waals surface area (Å²) in [4.78, 5) is 16.9. The maximum atomic E-state index is 13.9. The minimum absolute atomic E-state index is 0.00275. The van der Waals surface area contributed by atoms with Crippen LogP contribution in [0.1, 0.15) is 45.2 Å². The fourth-order valence-corrected chi connectivity index (χ4v) is 3.98. The minimum Gasteiger partial charge on any atom is -0.369 e. The van der Waals surface area contributed by atoms with Gasteiger partial charge in [-0.05, 0) is 43.0 Å². The molecule has 9 heteroatoms. The molecule has 2 rings (SSSR count). The number of carbonyl (C=O) groups excluding carboxylic acids is 1. The van der Waals surface area contributed by atoms with Gasteiger partial charge in [0.2, 0.25) is 5.91 Å². The van der Waals surface area contributed by atoms with Gasteiger partial charge in [0.1, 0.15) is 12.6 Å². The number of nitrogens with zero attached hydrogens (tertiary/aromatic N) is 3. The van der Waals surface area contributed by atoms with Crippen LogP contribution < -0.4 is 15.5 Å². The quantitative estimate of drug-likeness (QED) is 0.531. The summed E-state index contributed by atoms with van der Waals surface area (Å²) in [7, 11) is 0. The Morgan fingerprint density at radius 3 is 2.28 bits per heavy atom. The van der Waals surface area contributed by atoms with E-state index in [2.05, 4.69) is 27.4 Å². The molecule has 0 bridgehead atoms. The molecule has 1 aliphatic rings. The lowest BCUT2D eigenvalue weighted by Crippen LogP contribution is -2.49. The molecule has 1 saturated heterocycles. The predicted octanol–water partition coefficient (Wildman–Crippen LogP) is 3.47. The van der Waals surface area contributed by atoms with E-state index in [9.17, 15) is 18.0 Å². The lowest BCUT2D eigenvalue weighted by Gasteiger charge is -2.36. The molecule has 6 nitrogen and oxygen atoms in total. The van der Waals surface area contributed by atoms with Gasteiger partial charge in [-0.25, -0.2) is 0 Å². The van der Waals surface area contributed by atoms with Crippen molar-refractivity contribution in [2.24, 2.45) is 5.92 Å². The normalized spacial score (nSPS) is 17.1. The third-order valence-corrected chi connectivity index (χ3v) is 5.56. The molecule has 0 aromatic heterocycles. The highest BCUT2D eigenvalue weighted by atomic mass is 19.4. The van der Waals surface area contributed by atoms with Crippen molar-refractivity contribution in [3.8, 4) is 6.07 Å². The van der Waals surface area contributed by atoms with Crippen molar-refractivity contribution in [2.45, 2.75) is 51.9 Å². The monoisotopic (exact) mass is 453 g/mol. The summed E-state index contributed by atoms with van der Waals surface area (Å²) in [5, 5.41) is 13.5. The number of hydrogen-bond acceptors (Lipinski definition) is 5. The lowest BCUT2D eigenvalue weighted by atomic mass is 9.99. The molecule has 1 heterocycles. The van der Waals surface area contributed by atoms with Crippen molar-refractivity contribution in [2.75, 3.05) is 44.2 Å². The number of halogens is 3. The van der Waals surface area contributed by atoms with Crippen LogP contribution in [-0.4, -0.2) is 62.3 Å². The Morgan fingerprint density at radius 1 is 1.16 bits per heavy atom. The maximum absolute atomic E-state index is 13.9. The Morgan fingerprint density at radius 2 is 1.78 bits per heavy atom. The van der Waals surface area contributed by atoms with Crippen LogP contribution in [0.5, 0.6) is 0 Å². The van der Waals surface area contributed by atoms with Crippen molar-refractivity contribution >= 4 is 11.6 Å². The Balaban J connectivity index is 2.15. The fraction of sp³-hybridized carbons (Fsp3) is 0.652. The first-order valence-corrected chi connectivity index (χ1v) is 11.2. The number of alkyl halides is 3. The SMILES string of the molecule is CCCN1CCN(c2ccc(C(N[C@@H](CC(C)C)C(=O)NCC#N)C(F)(F)F)cc2)CC1. The van der Waals surface area contributed by atoms with E-state index < -0.39 is 24.2 Å². The average molecular weight is 454 g/mol. The van der Waals surface area contributed by atoms with Crippen molar-refractivity contribution in [1.29, 1.82) is 5.26 Å². The van der Waals surface area contributed by atoms with Crippen LogP contribution in [0.15, 0.2) is 24.3 Å². The van der Waals surface area contributed by atoms with E-state index in [0.717, 1.165) is 44.8 Å². The van der Waals surface area contributed by atoms with Crippen LogP contribution in [0.2, 0.25) is 0 Å². The van der Waals surface area contributed by atoms with Gasteiger partial charge in [-0.2, -0.15) is 18.4 Å². The van der Waals surface area contributed by atoms with Crippen LogP contribution in [0, 0.1) is 17.2 Å². The zero-order valence-electron chi connectivity index (χ0n) is 19.1. The number of amides is 1. The number of rotatable bonds is 10. The zero-order chi connectivity index (χ0) is 23.7. The third kappa shape index (κ3) is 7.68. The molecular weight excluding hydrogens is 419 g/mol. The van der Waals surface area contributed by atoms with E-state index in [4.69, 9.17) is 5.26 Å². The average Bonchev–Trinajstić information content (AvgIpc) is 2.75. The van der Waals surface area contributed by atoms with E-state index in [1.54, 1.807) is 18.2 Å². The molecule has 1 unspecified atom stereocenters. The van der Waals surface area contributed by atoms with E-state index in [-0.39, 0.29) is 24.4 Å². The first-order valence-electron chi connectivity index (χ1n) is 11.2. The molecule has 178 valence electrons. The second-order valence-electron chi connectivity index (χ2n) is 8.62. The van der Waals surface area contributed by atoms with Gasteiger partial charge in [-0.3, -0.25) is 15.0 Å². The van der Waals surface area contributed by atoms with Gasteiger partial charge in [0, 0.05) is 31.9 Å². The number of benzene rings is 1. The van der Waals surface area contributed by atoms with Gasteiger partial charge in [0.15, 0.2) is 0 Å². The van der Waals surface area contributed by atoms with Crippen LogP contribution >= 0.6 is 0 Å². The lowest BCUT2D eigenvalue weighted by molar-refractivity contribution is -0.161. The summed E-state index contributed by atoms with van der Waals surface area (Å²) < 4.78 is 41.8. The van der Waals surface area contributed by atoms with E-state index in [1.807, 2.05) is 13.8 Å². The summed E-state index contributed by atoms with van der Waals surface area (Å²) in [5.41, 5.74) is 0.962. The smallest absolute Gasteiger partial charge is 0.369 e. The second-order valence-corrected chi connectivity index (χ2v) is 8.62. The highest BCUT2D eigenvalue weighted by Gasteiger charge is 2.43. The molecule has 0 radical (unpaired) electrons. The van der Waals surface area contributed by atoms with E-state index >= 15 is 0 Å². The fourth-order valence-electron chi connectivity index (χ4n) is 3.98. The largest absolute Gasteiger partial charge is 0.407 e. The molecule has 1 aromatic rings. The van der Waals surface area contributed by atoms with E-state index in [1.165, 1.54) is 12.1 Å². The number of anilines is 1.